The molecule has 0 atom stereocenters. The Bertz CT molecular complexity index is 1060. The van der Waals surface area contributed by atoms with E-state index in [0.29, 0.717) is 28.8 Å². The lowest BCUT2D eigenvalue weighted by molar-refractivity contribution is 0.160. The summed E-state index contributed by atoms with van der Waals surface area (Å²) in [6.45, 7) is 8.97. The summed E-state index contributed by atoms with van der Waals surface area (Å²) in [7, 11) is 2.08. The minimum Gasteiger partial charge on any atom is -0.507 e. The van der Waals surface area contributed by atoms with Crippen LogP contribution in [-0.4, -0.2) is 49.3 Å². The van der Waals surface area contributed by atoms with Crippen molar-refractivity contribution < 1.29 is 5.11 Å². The number of aromatic nitrogens is 4. The van der Waals surface area contributed by atoms with Crippen molar-refractivity contribution in [1.29, 1.82) is 0 Å². The van der Waals surface area contributed by atoms with Crippen LogP contribution in [0, 0.1) is 0 Å². The first-order chi connectivity index (χ1) is 14.5. The third kappa shape index (κ3) is 4.34. The average Bonchev–Trinajstić information content (AvgIpc) is 3.11. The number of piperidine rings is 1. The van der Waals surface area contributed by atoms with Crippen LogP contribution in [0.1, 0.15) is 40.5 Å². The number of rotatable bonds is 4. The highest BCUT2D eigenvalue weighted by molar-refractivity contribution is 5.69. The summed E-state index contributed by atoms with van der Waals surface area (Å²) < 4.78 is 1.56. The van der Waals surface area contributed by atoms with Gasteiger partial charge >= 0.3 is 0 Å². The number of nitrogens with zero attached hydrogens (tertiary/aromatic N) is 5. The van der Waals surface area contributed by atoms with E-state index in [9.17, 15) is 5.11 Å². The first kappa shape index (κ1) is 21.1. The summed E-state index contributed by atoms with van der Waals surface area (Å²) in [5.41, 5.74) is 7.92. The van der Waals surface area contributed by atoms with Crippen molar-refractivity contribution in [3.8, 4) is 22.7 Å². The highest BCUT2D eigenvalue weighted by Gasteiger charge is 2.39. The largest absolute Gasteiger partial charge is 0.507 e. The number of nitrogens with two attached hydrogens (primary N) is 1. The molecular formula is C23H31N7O. The van der Waals surface area contributed by atoms with Gasteiger partial charge in [-0.2, -0.15) is 5.10 Å². The van der Waals surface area contributed by atoms with Crippen LogP contribution in [0.3, 0.4) is 0 Å². The summed E-state index contributed by atoms with van der Waals surface area (Å²) in [5, 5.41) is 27.3. The van der Waals surface area contributed by atoms with E-state index >= 15 is 0 Å². The Balaban J connectivity index is 1.55. The maximum atomic E-state index is 10.6. The molecule has 0 aliphatic carbocycles. The van der Waals surface area contributed by atoms with Gasteiger partial charge < -0.3 is 21.1 Å². The van der Waals surface area contributed by atoms with Crippen molar-refractivity contribution in [2.24, 2.45) is 0 Å². The zero-order chi connectivity index (χ0) is 22.4. The van der Waals surface area contributed by atoms with Gasteiger partial charge in [-0.1, -0.05) is 0 Å². The minimum absolute atomic E-state index is 0.0551. The molecule has 4 N–H and O–H groups in total. The van der Waals surface area contributed by atoms with Gasteiger partial charge in [0.05, 0.1) is 17.6 Å². The zero-order valence-corrected chi connectivity index (χ0v) is 18.8. The van der Waals surface area contributed by atoms with Gasteiger partial charge in [-0.15, -0.1) is 10.2 Å². The number of phenolic OH excluding ortho intramolecular Hbond substituents is 1. The van der Waals surface area contributed by atoms with E-state index in [1.807, 2.05) is 18.2 Å². The summed E-state index contributed by atoms with van der Waals surface area (Å²) >= 11 is 0. The van der Waals surface area contributed by atoms with Crippen LogP contribution in [0.15, 0.2) is 42.6 Å². The van der Waals surface area contributed by atoms with Crippen molar-refractivity contribution in [1.82, 2.24) is 25.3 Å². The van der Waals surface area contributed by atoms with Crippen molar-refractivity contribution in [3.63, 3.8) is 0 Å². The summed E-state index contributed by atoms with van der Waals surface area (Å²) in [6, 6.07) is 11.2. The predicted octanol–water partition coefficient (Wildman–Crippen LogP) is 3.36. The second-order valence-electron chi connectivity index (χ2n) is 9.71. The van der Waals surface area contributed by atoms with Crippen LogP contribution in [0.5, 0.6) is 5.75 Å². The Kier molecular flexibility index (Phi) is 5.13. The quantitative estimate of drug-likeness (QED) is 0.593. The highest BCUT2D eigenvalue weighted by Crippen LogP contribution is 2.34. The van der Waals surface area contributed by atoms with Gasteiger partial charge in [0.25, 0.3) is 0 Å². The Morgan fingerprint density at radius 2 is 1.77 bits per heavy atom. The van der Waals surface area contributed by atoms with Gasteiger partial charge in [0.1, 0.15) is 11.6 Å². The van der Waals surface area contributed by atoms with Crippen molar-refractivity contribution in [2.75, 3.05) is 17.7 Å². The second kappa shape index (κ2) is 7.53. The molecule has 3 heterocycles. The first-order valence-corrected chi connectivity index (χ1v) is 10.5. The van der Waals surface area contributed by atoms with Crippen LogP contribution >= 0.6 is 0 Å². The Morgan fingerprint density at radius 1 is 1.06 bits per heavy atom. The van der Waals surface area contributed by atoms with Gasteiger partial charge in [-0.05, 0) is 64.8 Å². The molecule has 0 spiro atoms. The topological polar surface area (TPSA) is 105 Å². The number of benzene rings is 1. The molecule has 2 aromatic heterocycles. The van der Waals surface area contributed by atoms with Gasteiger partial charge in [-0.3, -0.25) is 0 Å². The van der Waals surface area contributed by atoms with E-state index in [0.717, 1.165) is 18.7 Å². The van der Waals surface area contributed by atoms with Crippen LogP contribution < -0.4 is 16.0 Å². The maximum absolute atomic E-state index is 10.6. The lowest BCUT2D eigenvalue weighted by Crippen LogP contribution is -2.62. The molecule has 0 bridgehead atoms. The molecule has 1 aliphatic rings. The number of anilines is 2. The summed E-state index contributed by atoms with van der Waals surface area (Å²) in [4.78, 5) is 2.21. The number of aromatic hydroxyl groups is 1. The lowest BCUT2D eigenvalue weighted by atomic mass is 9.79. The van der Waals surface area contributed by atoms with E-state index in [1.165, 1.54) is 0 Å². The minimum atomic E-state index is 0.0551. The highest BCUT2D eigenvalue weighted by atomic mass is 16.3. The van der Waals surface area contributed by atoms with Crippen LogP contribution in [0.2, 0.25) is 0 Å². The fourth-order valence-corrected chi connectivity index (χ4v) is 4.78. The fourth-order valence-electron chi connectivity index (χ4n) is 4.78. The van der Waals surface area contributed by atoms with Crippen LogP contribution in [0.25, 0.3) is 16.9 Å². The monoisotopic (exact) mass is 421 g/mol. The van der Waals surface area contributed by atoms with E-state index in [4.69, 9.17) is 5.73 Å². The van der Waals surface area contributed by atoms with Crippen LogP contribution in [0.4, 0.5) is 11.6 Å². The van der Waals surface area contributed by atoms with Crippen molar-refractivity contribution >= 4 is 11.6 Å². The van der Waals surface area contributed by atoms with E-state index in [1.54, 1.807) is 29.1 Å². The lowest BCUT2D eigenvalue weighted by Gasteiger charge is -2.49. The molecule has 1 fully saturated rings. The molecule has 1 saturated heterocycles. The third-order valence-electron chi connectivity index (χ3n) is 5.90. The summed E-state index contributed by atoms with van der Waals surface area (Å²) in [6.07, 6.45) is 3.66. The van der Waals surface area contributed by atoms with Gasteiger partial charge in [-0.25, -0.2) is 4.68 Å². The molecular weight excluding hydrogens is 390 g/mol. The number of phenols is 1. The van der Waals surface area contributed by atoms with Crippen molar-refractivity contribution in [2.45, 2.75) is 57.7 Å². The van der Waals surface area contributed by atoms with Gasteiger partial charge in [0.2, 0.25) is 0 Å². The molecule has 0 saturated carbocycles. The molecule has 8 nitrogen and oxygen atoms in total. The predicted molar refractivity (Wildman–Crippen MR) is 123 cm³/mol. The third-order valence-corrected chi connectivity index (χ3v) is 5.90. The maximum Gasteiger partial charge on any atom is 0.151 e. The normalized spacial score (nSPS) is 18.1. The van der Waals surface area contributed by atoms with E-state index < -0.39 is 0 Å². The Hall–Kier alpha value is -3.13. The molecule has 8 heteroatoms. The molecule has 0 unspecified atom stereocenters. The molecule has 3 aromatic rings. The van der Waals surface area contributed by atoms with Gasteiger partial charge in [0.15, 0.2) is 5.82 Å². The number of hydrogen-bond donors (Lipinski definition) is 3. The Morgan fingerprint density at radius 3 is 2.32 bits per heavy atom. The fraction of sp³-hybridized carbons (Fsp3) is 0.435. The standard InChI is InChI=1S/C23H31N7O/c1-22(2)13-16(14-23(3,4)28-22)29(5)21-9-8-18(26-27-21)17-7-6-15(12-19(17)31)30-20(24)10-11-25-30/h6-12,16,28,31H,13-14,24H2,1-5H3. The van der Waals surface area contributed by atoms with E-state index in [-0.39, 0.29) is 16.8 Å². The smallest absolute Gasteiger partial charge is 0.151 e. The molecule has 164 valence electrons. The average molecular weight is 422 g/mol. The molecule has 1 aliphatic heterocycles. The molecule has 31 heavy (non-hydrogen) atoms. The van der Waals surface area contributed by atoms with Gasteiger partial charge in [0, 0.05) is 41.9 Å². The Labute approximate surface area is 183 Å². The number of nitrogen functional groups attached to an aromatic ring is 1. The molecule has 4 rings (SSSR count). The number of nitrogens with one attached hydrogen (secondary N) is 1. The first-order valence-electron chi connectivity index (χ1n) is 10.5. The molecule has 1 aromatic carbocycles. The van der Waals surface area contributed by atoms with E-state index in [2.05, 4.69) is 60.3 Å². The summed E-state index contributed by atoms with van der Waals surface area (Å²) in [5.74, 6) is 1.43. The molecule has 0 radical (unpaired) electrons. The zero-order valence-electron chi connectivity index (χ0n) is 18.8. The second-order valence-corrected chi connectivity index (χ2v) is 9.71. The van der Waals surface area contributed by atoms with Crippen molar-refractivity contribution in [3.05, 3.63) is 42.6 Å². The number of hydrogen-bond acceptors (Lipinski definition) is 7. The molecule has 0 amide bonds. The SMILES string of the molecule is CN(c1ccc(-c2ccc(-n3nccc3N)cc2O)nn1)C1CC(C)(C)NC(C)(C)C1. The van der Waals surface area contributed by atoms with Crippen LogP contribution in [-0.2, 0) is 0 Å².